The summed E-state index contributed by atoms with van der Waals surface area (Å²) in [7, 11) is 1.56. The quantitative estimate of drug-likeness (QED) is 0.592. The average molecular weight is 129 g/mol. The highest BCUT2D eigenvalue weighted by Gasteiger charge is 1.94. The van der Waals surface area contributed by atoms with Crippen LogP contribution in [0.25, 0.3) is 0 Å². The van der Waals surface area contributed by atoms with E-state index in [1.807, 2.05) is 0 Å². The lowest BCUT2D eigenvalue weighted by atomic mass is 10.4. The maximum atomic E-state index is 10.5. The number of carbonyl (C=O) groups is 1. The predicted molar refractivity (Wildman–Crippen MR) is 34.8 cm³/mol. The number of carbonyl (C=O) groups excluding carboxylic acids is 1. The summed E-state index contributed by atoms with van der Waals surface area (Å²) < 4.78 is 4.66. The molecule has 0 aromatic carbocycles. The Labute approximate surface area is 54.7 Å². The zero-order valence-electron chi connectivity index (χ0n) is 5.52. The van der Waals surface area contributed by atoms with Crippen molar-refractivity contribution < 1.29 is 9.53 Å². The number of hydrogen-bond donors (Lipinski definition) is 1. The Morgan fingerprint density at radius 3 is 3.00 bits per heavy atom. The summed E-state index contributed by atoms with van der Waals surface area (Å²) in [5.41, 5.74) is 0. The Kier molecular flexibility index (Phi) is 4.82. The highest BCUT2D eigenvalue weighted by atomic mass is 16.5. The van der Waals surface area contributed by atoms with Crippen molar-refractivity contribution in [2.75, 3.05) is 13.7 Å². The molecule has 1 N–H and O–H groups in total. The predicted octanol–water partition coefficient (Wildman–Crippen LogP) is 0.283. The first-order valence-electron chi connectivity index (χ1n) is 2.70. The molecule has 0 aromatic heterocycles. The minimum Gasteiger partial charge on any atom is -0.384 e. The molecule has 3 nitrogen and oxygen atoms in total. The standard InChI is InChI=1S/C6H11NO2/c1-3-7-6(8)4-5-9-2/h3H,1,4-5H2,2H3,(H,7,8). The van der Waals surface area contributed by atoms with Crippen LogP contribution in [-0.2, 0) is 9.53 Å². The SMILES string of the molecule is C=CNC(=O)CCOC. The van der Waals surface area contributed by atoms with Gasteiger partial charge in [-0.25, -0.2) is 0 Å². The Morgan fingerprint density at radius 2 is 2.56 bits per heavy atom. The third kappa shape index (κ3) is 5.03. The third-order valence-electron chi connectivity index (χ3n) is 0.796. The summed E-state index contributed by atoms with van der Waals surface area (Å²) in [6.45, 7) is 3.79. The summed E-state index contributed by atoms with van der Waals surface area (Å²) in [6.07, 6.45) is 1.75. The van der Waals surface area contributed by atoms with Crippen LogP contribution in [0.4, 0.5) is 0 Å². The van der Waals surface area contributed by atoms with Crippen molar-refractivity contribution in [2.24, 2.45) is 0 Å². The van der Waals surface area contributed by atoms with E-state index < -0.39 is 0 Å². The normalized spacial score (nSPS) is 8.56. The van der Waals surface area contributed by atoms with Gasteiger partial charge in [0.2, 0.25) is 5.91 Å². The van der Waals surface area contributed by atoms with Crippen LogP contribution < -0.4 is 5.32 Å². The zero-order valence-corrected chi connectivity index (χ0v) is 5.52. The topological polar surface area (TPSA) is 38.3 Å². The number of ether oxygens (including phenoxy) is 1. The number of nitrogens with one attached hydrogen (secondary N) is 1. The molecule has 0 aliphatic carbocycles. The number of hydrogen-bond acceptors (Lipinski definition) is 2. The maximum Gasteiger partial charge on any atom is 0.226 e. The fraction of sp³-hybridized carbons (Fsp3) is 0.500. The fourth-order valence-electron chi connectivity index (χ4n) is 0.381. The zero-order chi connectivity index (χ0) is 7.11. The van der Waals surface area contributed by atoms with Crippen LogP contribution in [0.15, 0.2) is 12.8 Å². The molecule has 52 valence electrons. The smallest absolute Gasteiger partial charge is 0.226 e. The first kappa shape index (κ1) is 8.17. The van der Waals surface area contributed by atoms with Gasteiger partial charge in [-0.2, -0.15) is 0 Å². The van der Waals surface area contributed by atoms with Crippen LogP contribution in [0.5, 0.6) is 0 Å². The third-order valence-corrected chi connectivity index (χ3v) is 0.796. The highest BCUT2D eigenvalue weighted by Crippen LogP contribution is 1.78. The van der Waals surface area contributed by atoms with Crippen LogP contribution in [0.2, 0.25) is 0 Å². The van der Waals surface area contributed by atoms with Gasteiger partial charge < -0.3 is 10.1 Å². The van der Waals surface area contributed by atoms with E-state index in [2.05, 4.69) is 16.6 Å². The van der Waals surface area contributed by atoms with Gasteiger partial charge in [0, 0.05) is 7.11 Å². The monoisotopic (exact) mass is 129 g/mol. The Hall–Kier alpha value is -0.830. The molecule has 0 rings (SSSR count). The van der Waals surface area contributed by atoms with Crippen molar-refractivity contribution in [1.82, 2.24) is 5.32 Å². The molecular formula is C6H11NO2. The van der Waals surface area contributed by atoms with Crippen LogP contribution in [0.1, 0.15) is 6.42 Å². The summed E-state index contributed by atoms with van der Waals surface area (Å²) in [6, 6.07) is 0. The lowest BCUT2D eigenvalue weighted by Gasteiger charge is -1.96. The van der Waals surface area contributed by atoms with Crippen LogP contribution in [-0.4, -0.2) is 19.6 Å². The highest BCUT2D eigenvalue weighted by molar-refractivity contribution is 5.76. The molecule has 0 bridgehead atoms. The Balaban J connectivity index is 3.16. The van der Waals surface area contributed by atoms with Gasteiger partial charge >= 0.3 is 0 Å². The van der Waals surface area contributed by atoms with Crippen molar-refractivity contribution in [3.8, 4) is 0 Å². The Morgan fingerprint density at radius 1 is 1.89 bits per heavy atom. The van der Waals surface area contributed by atoms with Crippen molar-refractivity contribution in [2.45, 2.75) is 6.42 Å². The second-order valence-corrected chi connectivity index (χ2v) is 1.51. The molecule has 0 radical (unpaired) electrons. The number of methoxy groups -OCH3 is 1. The van der Waals surface area contributed by atoms with E-state index in [4.69, 9.17) is 0 Å². The van der Waals surface area contributed by atoms with Gasteiger partial charge in [-0.05, 0) is 6.20 Å². The molecule has 0 atom stereocenters. The molecule has 0 aliphatic rings. The van der Waals surface area contributed by atoms with Crippen molar-refractivity contribution >= 4 is 5.91 Å². The molecule has 0 saturated heterocycles. The fourth-order valence-corrected chi connectivity index (χ4v) is 0.381. The lowest BCUT2D eigenvalue weighted by Crippen LogP contribution is -2.17. The van der Waals surface area contributed by atoms with E-state index in [0.29, 0.717) is 13.0 Å². The van der Waals surface area contributed by atoms with E-state index >= 15 is 0 Å². The number of amides is 1. The van der Waals surface area contributed by atoms with Crippen molar-refractivity contribution in [1.29, 1.82) is 0 Å². The molecule has 0 heterocycles. The van der Waals surface area contributed by atoms with Crippen molar-refractivity contribution in [3.05, 3.63) is 12.8 Å². The minimum absolute atomic E-state index is 0.0631. The first-order chi connectivity index (χ1) is 4.31. The number of rotatable bonds is 4. The van der Waals surface area contributed by atoms with Crippen LogP contribution >= 0.6 is 0 Å². The van der Waals surface area contributed by atoms with Crippen molar-refractivity contribution in [3.63, 3.8) is 0 Å². The molecule has 0 unspecified atom stereocenters. The molecule has 0 spiro atoms. The molecule has 0 aliphatic heterocycles. The Bertz CT molecular complexity index is 101. The van der Waals surface area contributed by atoms with Gasteiger partial charge in [0.15, 0.2) is 0 Å². The first-order valence-corrected chi connectivity index (χ1v) is 2.70. The summed E-state index contributed by atoms with van der Waals surface area (Å²) >= 11 is 0. The van der Waals surface area contributed by atoms with E-state index in [-0.39, 0.29) is 5.91 Å². The largest absolute Gasteiger partial charge is 0.384 e. The molecule has 0 saturated carbocycles. The van der Waals surface area contributed by atoms with Gasteiger partial charge in [0.25, 0.3) is 0 Å². The van der Waals surface area contributed by atoms with E-state index in [0.717, 1.165) is 0 Å². The van der Waals surface area contributed by atoms with E-state index in [9.17, 15) is 4.79 Å². The maximum absolute atomic E-state index is 10.5. The molecule has 1 amide bonds. The van der Waals surface area contributed by atoms with Gasteiger partial charge in [-0.3, -0.25) is 4.79 Å². The van der Waals surface area contributed by atoms with Gasteiger partial charge in [-0.15, -0.1) is 0 Å². The van der Waals surface area contributed by atoms with E-state index in [1.54, 1.807) is 7.11 Å². The molecule has 0 aromatic rings. The average Bonchev–Trinajstić information content (AvgIpc) is 1.85. The molecular weight excluding hydrogens is 118 g/mol. The summed E-state index contributed by atoms with van der Waals surface area (Å²) in [5.74, 6) is -0.0631. The second kappa shape index (κ2) is 5.31. The van der Waals surface area contributed by atoms with E-state index in [1.165, 1.54) is 6.20 Å². The van der Waals surface area contributed by atoms with Gasteiger partial charge in [0.1, 0.15) is 0 Å². The van der Waals surface area contributed by atoms with Crippen LogP contribution in [0.3, 0.4) is 0 Å². The van der Waals surface area contributed by atoms with Gasteiger partial charge in [0.05, 0.1) is 13.0 Å². The van der Waals surface area contributed by atoms with Gasteiger partial charge in [-0.1, -0.05) is 6.58 Å². The summed E-state index contributed by atoms with van der Waals surface area (Å²) in [5, 5.41) is 2.43. The molecule has 0 fully saturated rings. The minimum atomic E-state index is -0.0631. The lowest BCUT2D eigenvalue weighted by molar-refractivity contribution is -0.121. The molecule has 3 heteroatoms. The summed E-state index contributed by atoms with van der Waals surface area (Å²) in [4.78, 5) is 10.5. The molecule has 9 heavy (non-hydrogen) atoms. The second-order valence-electron chi connectivity index (χ2n) is 1.51. The van der Waals surface area contributed by atoms with Crippen LogP contribution in [0, 0.1) is 0 Å².